The molecule has 10 nitrogen and oxygen atoms in total. The quantitative estimate of drug-likeness (QED) is 0.307. The molecule has 186 valence electrons. The highest BCUT2D eigenvalue weighted by Crippen LogP contribution is 2.52. The van der Waals surface area contributed by atoms with Gasteiger partial charge in [0, 0.05) is 23.0 Å². The molecule has 1 aromatic rings. The molecule has 0 radical (unpaired) electrons. The third kappa shape index (κ3) is 3.24. The summed E-state index contributed by atoms with van der Waals surface area (Å²) in [6.45, 7) is 3.43. The second kappa shape index (κ2) is 8.03. The van der Waals surface area contributed by atoms with Gasteiger partial charge in [-0.25, -0.2) is 0 Å². The van der Waals surface area contributed by atoms with Crippen molar-refractivity contribution >= 4 is 23.3 Å². The Kier molecular flexibility index (Phi) is 5.65. The van der Waals surface area contributed by atoms with Crippen LogP contribution in [0.4, 0.5) is 0 Å². The Morgan fingerprint density at radius 1 is 1.14 bits per heavy atom. The number of phenols is 1. The maximum Gasteiger partial charge on any atom is 0.255 e. The number of allylic oxidation sites excluding steroid dienone is 1. The minimum atomic E-state index is -2.69. The number of aromatic hydroxyl groups is 1. The Balaban J connectivity index is 1.97. The minimum absolute atomic E-state index is 0.0310. The van der Waals surface area contributed by atoms with Crippen molar-refractivity contribution in [2.75, 3.05) is 14.1 Å². The molecule has 0 heterocycles. The molecule has 0 saturated carbocycles. The summed E-state index contributed by atoms with van der Waals surface area (Å²) in [6.07, 6.45) is 0.0491. The number of phenolic OH excluding ortho intramolecular Hbond substituents is 1. The first-order valence-corrected chi connectivity index (χ1v) is 11.3. The van der Waals surface area contributed by atoms with E-state index in [2.05, 4.69) is 0 Å². The van der Waals surface area contributed by atoms with Crippen LogP contribution in [-0.2, 0) is 16.0 Å². The zero-order valence-electron chi connectivity index (χ0n) is 19.8. The van der Waals surface area contributed by atoms with E-state index in [1.54, 1.807) is 27.9 Å². The molecule has 3 aliphatic rings. The van der Waals surface area contributed by atoms with E-state index in [1.165, 1.54) is 17.0 Å². The molecule has 35 heavy (non-hydrogen) atoms. The van der Waals surface area contributed by atoms with Crippen molar-refractivity contribution in [2.24, 2.45) is 23.5 Å². The van der Waals surface area contributed by atoms with Crippen LogP contribution >= 0.6 is 0 Å². The molecule has 4 rings (SSSR count). The number of hydrogen-bond donors (Lipinski definition) is 5. The second-order valence-corrected chi connectivity index (χ2v) is 9.97. The lowest BCUT2D eigenvalue weighted by Crippen LogP contribution is -2.63. The number of primary amides is 1. The fourth-order valence-corrected chi connectivity index (χ4v) is 5.79. The van der Waals surface area contributed by atoms with Crippen LogP contribution in [0.25, 0.3) is 0 Å². The van der Waals surface area contributed by atoms with Gasteiger partial charge >= 0.3 is 0 Å². The molecule has 3 unspecified atom stereocenters. The van der Waals surface area contributed by atoms with Crippen LogP contribution < -0.4 is 5.73 Å². The number of carbonyl (C=O) groups excluding carboxylic acids is 4. The summed E-state index contributed by atoms with van der Waals surface area (Å²) in [6, 6.07) is 1.61. The molecule has 0 aromatic heterocycles. The number of nitrogens with two attached hydrogens (primary N) is 1. The molecule has 0 bridgehead atoms. The van der Waals surface area contributed by atoms with Gasteiger partial charge in [-0.05, 0) is 50.6 Å². The van der Waals surface area contributed by atoms with Gasteiger partial charge in [-0.1, -0.05) is 13.8 Å². The zero-order chi connectivity index (χ0) is 26.1. The number of fused-ring (bicyclic) bond motifs is 3. The highest BCUT2D eigenvalue weighted by molar-refractivity contribution is 6.25. The summed E-state index contributed by atoms with van der Waals surface area (Å²) >= 11 is 0. The van der Waals surface area contributed by atoms with Crippen LogP contribution in [0.1, 0.15) is 46.5 Å². The van der Waals surface area contributed by atoms with Crippen molar-refractivity contribution in [3.05, 3.63) is 51.5 Å². The van der Waals surface area contributed by atoms with Crippen molar-refractivity contribution in [3.8, 4) is 5.75 Å². The van der Waals surface area contributed by atoms with E-state index in [9.17, 15) is 39.6 Å². The molecule has 3 aliphatic carbocycles. The Hall–Kier alpha value is -3.50. The number of aliphatic hydroxyl groups is 3. The van der Waals surface area contributed by atoms with Gasteiger partial charge in [0.25, 0.3) is 5.91 Å². The number of Topliss-reactive ketones (excluding diaryl/α,β-unsaturated/α-hetero) is 3. The number of rotatable bonds is 4. The lowest BCUT2D eigenvalue weighted by molar-refractivity contribution is -0.148. The van der Waals surface area contributed by atoms with Gasteiger partial charge in [-0.3, -0.25) is 24.1 Å². The smallest absolute Gasteiger partial charge is 0.255 e. The lowest BCUT2D eigenvalue weighted by atomic mass is 9.58. The van der Waals surface area contributed by atoms with Gasteiger partial charge in [0.05, 0.1) is 11.6 Å². The SMILES string of the molecule is CC(C)C(=O)c1ccc(O)c2c1CC1CC3C(N(C)C)C(O)=C(C(N)=O)C(=O)[C@@]3(O)C(O)=C1C2=O. The zero-order valence-corrected chi connectivity index (χ0v) is 19.8. The predicted molar refractivity (Wildman–Crippen MR) is 123 cm³/mol. The summed E-state index contributed by atoms with van der Waals surface area (Å²) in [5, 5.41) is 44.1. The third-order valence-electron chi connectivity index (χ3n) is 7.40. The summed E-state index contributed by atoms with van der Waals surface area (Å²) < 4.78 is 0. The Labute approximate surface area is 201 Å². The maximum absolute atomic E-state index is 13.6. The molecule has 4 atom stereocenters. The van der Waals surface area contributed by atoms with Crippen LogP contribution in [-0.4, -0.2) is 74.3 Å². The molecule has 1 amide bonds. The average Bonchev–Trinajstić information content (AvgIpc) is 2.75. The minimum Gasteiger partial charge on any atom is -0.510 e. The molecule has 0 saturated heterocycles. The van der Waals surface area contributed by atoms with E-state index >= 15 is 0 Å². The Morgan fingerprint density at radius 2 is 1.77 bits per heavy atom. The maximum atomic E-state index is 13.6. The first-order chi connectivity index (χ1) is 16.2. The second-order valence-electron chi connectivity index (χ2n) is 9.97. The van der Waals surface area contributed by atoms with E-state index in [1.807, 2.05) is 0 Å². The van der Waals surface area contributed by atoms with Crippen LogP contribution in [0.3, 0.4) is 0 Å². The first kappa shape index (κ1) is 24.6. The van der Waals surface area contributed by atoms with E-state index in [-0.39, 0.29) is 41.2 Å². The lowest BCUT2D eigenvalue weighted by Gasteiger charge is -2.50. The molecule has 10 heteroatoms. The fraction of sp³-hybridized carbons (Fsp3) is 0.440. The highest BCUT2D eigenvalue weighted by Gasteiger charge is 2.63. The molecule has 0 spiro atoms. The van der Waals surface area contributed by atoms with Crippen molar-refractivity contribution in [2.45, 2.75) is 38.3 Å². The summed E-state index contributed by atoms with van der Waals surface area (Å²) in [5.74, 6) is -7.77. The standard InChI is InChI=1S/C25H28N2O8/c1-9(2)19(29)11-5-6-14(28)16-12(11)7-10-8-13-18(27(3)4)21(31)17(24(26)34)23(33)25(13,35)22(32)15(10)20(16)30/h5-6,9-10,13,18,28,31-32,35H,7-8H2,1-4H3,(H2,26,34)/t10?,13?,18?,25-/m0/s1. The Morgan fingerprint density at radius 3 is 2.31 bits per heavy atom. The largest absolute Gasteiger partial charge is 0.510 e. The van der Waals surface area contributed by atoms with Crippen LogP contribution in [0.15, 0.2) is 34.8 Å². The highest BCUT2D eigenvalue weighted by atomic mass is 16.3. The number of carbonyl (C=O) groups is 4. The molecule has 0 aliphatic heterocycles. The third-order valence-corrected chi connectivity index (χ3v) is 7.40. The van der Waals surface area contributed by atoms with E-state index < -0.39 is 63.8 Å². The monoisotopic (exact) mass is 484 g/mol. The van der Waals surface area contributed by atoms with Gasteiger partial charge in [-0.15, -0.1) is 0 Å². The summed E-state index contributed by atoms with van der Waals surface area (Å²) in [7, 11) is 3.12. The number of ketones is 3. The summed E-state index contributed by atoms with van der Waals surface area (Å²) in [4.78, 5) is 53.1. The van der Waals surface area contributed by atoms with Crippen LogP contribution in [0.5, 0.6) is 5.75 Å². The molecular formula is C25H28N2O8. The number of amides is 1. The molecule has 0 fully saturated rings. The van der Waals surface area contributed by atoms with Gasteiger partial charge < -0.3 is 26.2 Å². The van der Waals surface area contributed by atoms with Crippen molar-refractivity contribution < 1.29 is 39.6 Å². The topological polar surface area (TPSA) is 178 Å². The molecule has 6 N–H and O–H groups in total. The van der Waals surface area contributed by atoms with Crippen molar-refractivity contribution in [3.63, 3.8) is 0 Å². The van der Waals surface area contributed by atoms with E-state index in [0.717, 1.165) is 0 Å². The summed E-state index contributed by atoms with van der Waals surface area (Å²) in [5.41, 5.74) is 1.96. The predicted octanol–water partition coefficient (Wildman–Crippen LogP) is 0.959. The number of hydrogen-bond acceptors (Lipinski definition) is 9. The Bertz CT molecular complexity index is 1260. The first-order valence-electron chi connectivity index (χ1n) is 11.3. The number of nitrogens with zero attached hydrogens (tertiary/aromatic N) is 1. The van der Waals surface area contributed by atoms with Crippen molar-refractivity contribution in [1.29, 1.82) is 0 Å². The van der Waals surface area contributed by atoms with Crippen LogP contribution in [0.2, 0.25) is 0 Å². The van der Waals surface area contributed by atoms with E-state index in [4.69, 9.17) is 5.73 Å². The van der Waals surface area contributed by atoms with Crippen LogP contribution in [0, 0.1) is 17.8 Å². The van der Waals surface area contributed by atoms with Gasteiger partial charge in [0.1, 0.15) is 22.8 Å². The van der Waals surface area contributed by atoms with Gasteiger partial charge in [-0.2, -0.15) is 0 Å². The molecule has 1 aromatic carbocycles. The average molecular weight is 485 g/mol. The molecular weight excluding hydrogens is 456 g/mol. The van der Waals surface area contributed by atoms with Crippen molar-refractivity contribution in [1.82, 2.24) is 4.90 Å². The van der Waals surface area contributed by atoms with Gasteiger partial charge in [0.2, 0.25) is 5.78 Å². The number of aliphatic hydroxyl groups excluding tert-OH is 2. The van der Waals surface area contributed by atoms with Gasteiger partial charge in [0.15, 0.2) is 17.2 Å². The normalized spacial score (nSPS) is 28.3. The van der Waals surface area contributed by atoms with E-state index in [0.29, 0.717) is 5.56 Å². The number of benzene rings is 1. The fourth-order valence-electron chi connectivity index (χ4n) is 5.79. The number of likely N-dealkylation sites (N-methyl/N-ethyl adjacent to an activating group) is 1.